The van der Waals surface area contributed by atoms with E-state index >= 15 is 0 Å². The molecule has 20 heavy (non-hydrogen) atoms. The van der Waals surface area contributed by atoms with E-state index in [1.165, 1.54) is 18.3 Å². The molecule has 0 saturated heterocycles. The third kappa shape index (κ3) is 3.46. The molecule has 0 unspecified atom stereocenters. The average Bonchev–Trinajstić information content (AvgIpc) is 2.41. The zero-order valence-corrected chi connectivity index (χ0v) is 13.2. The highest BCUT2D eigenvalue weighted by molar-refractivity contribution is 9.11. The number of phenolic OH excluding ortho intramolecular Hbond substituents is 1. The molecule has 2 rings (SSSR count). The molecule has 0 bridgehead atoms. The number of phenols is 1. The average molecular weight is 399 g/mol. The lowest BCUT2D eigenvalue weighted by Gasteiger charge is -2.03. The van der Waals surface area contributed by atoms with Crippen LogP contribution in [0.4, 0.5) is 5.69 Å². The van der Waals surface area contributed by atoms with E-state index in [1.54, 1.807) is 24.3 Å². The number of hydrogen-bond acceptors (Lipinski definition) is 3. The van der Waals surface area contributed by atoms with Gasteiger partial charge in [0.25, 0.3) is 0 Å². The van der Waals surface area contributed by atoms with Crippen molar-refractivity contribution < 1.29 is 15.0 Å². The molecule has 0 fully saturated rings. The van der Waals surface area contributed by atoms with Gasteiger partial charge in [0.1, 0.15) is 5.75 Å². The van der Waals surface area contributed by atoms with Crippen molar-refractivity contribution in [3.63, 3.8) is 0 Å². The molecule has 0 aliphatic heterocycles. The number of carbonyl (C=O) groups is 1. The van der Waals surface area contributed by atoms with Crippen molar-refractivity contribution in [2.45, 2.75) is 0 Å². The zero-order valence-electron chi connectivity index (χ0n) is 10.0. The van der Waals surface area contributed by atoms with E-state index in [9.17, 15) is 9.90 Å². The van der Waals surface area contributed by atoms with E-state index in [0.717, 1.165) is 4.47 Å². The van der Waals surface area contributed by atoms with Gasteiger partial charge in [0.05, 0.1) is 15.7 Å². The summed E-state index contributed by atoms with van der Waals surface area (Å²) in [6, 6.07) is 9.69. The van der Waals surface area contributed by atoms with Crippen LogP contribution in [0.3, 0.4) is 0 Å². The molecule has 0 spiro atoms. The quantitative estimate of drug-likeness (QED) is 0.754. The van der Waals surface area contributed by atoms with E-state index in [2.05, 4.69) is 36.9 Å². The van der Waals surface area contributed by atoms with Crippen LogP contribution in [-0.2, 0) is 0 Å². The number of nitrogens with zero attached hydrogens (tertiary/aromatic N) is 1. The summed E-state index contributed by atoms with van der Waals surface area (Å²) in [5, 5.41) is 18.8. The Morgan fingerprint density at radius 3 is 2.65 bits per heavy atom. The minimum Gasteiger partial charge on any atom is -0.506 e. The van der Waals surface area contributed by atoms with E-state index in [-0.39, 0.29) is 11.3 Å². The second-order valence-corrected chi connectivity index (χ2v) is 5.71. The molecule has 0 heterocycles. The van der Waals surface area contributed by atoms with E-state index in [0.29, 0.717) is 15.7 Å². The first kappa shape index (κ1) is 14.7. The number of carboxylic acids is 1. The maximum atomic E-state index is 10.9. The molecule has 6 heteroatoms. The standard InChI is InChI=1S/C14H9Br2NO3/c15-10-4-9(13(18)12(16)6-10)7-17-11-3-1-2-8(5-11)14(19)20/h1-7,18H,(H,19,20). The number of halogens is 2. The van der Waals surface area contributed by atoms with Crippen LogP contribution in [0.25, 0.3) is 0 Å². The third-order valence-corrected chi connectivity index (χ3v) is 3.57. The van der Waals surface area contributed by atoms with Gasteiger partial charge in [-0.2, -0.15) is 0 Å². The molecule has 0 aliphatic carbocycles. The number of aromatic carboxylic acids is 1. The molecule has 2 aromatic carbocycles. The van der Waals surface area contributed by atoms with Crippen LogP contribution in [0.5, 0.6) is 5.75 Å². The number of hydrogen-bond donors (Lipinski definition) is 2. The van der Waals surface area contributed by atoms with Gasteiger partial charge in [0.2, 0.25) is 0 Å². The number of benzene rings is 2. The van der Waals surface area contributed by atoms with Crippen LogP contribution >= 0.6 is 31.9 Å². The Morgan fingerprint density at radius 2 is 1.95 bits per heavy atom. The molecule has 2 aromatic rings. The molecule has 102 valence electrons. The number of aliphatic imine (C=N–C) groups is 1. The molecule has 0 saturated carbocycles. The SMILES string of the molecule is O=C(O)c1cccc(N=Cc2cc(Br)cc(Br)c2O)c1. The Hall–Kier alpha value is -1.66. The molecule has 0 radical (unpaired) electrons. The van der Waals surface area contributed by atoms with Crippen LogP contribution in [0, 0.1) is 0 Å². The topological polar surface area (TPSA) is 69.9 Å². The summed E-state index contributed by atoms with van der Waals surface area (Å²) in [6.45, 7) is 0. The van der Waals surface area contributed by atoms with Gasteiger partial charge in [-0.05, 0) is 46.3 Å². The molecule has 0 aromatic heterocycles. The molecular formula is C14H9Br2NO3. The van der Waals surface area contributed by atoms with Crippen LogP contribution in [0.1, 0.15) is 15.9 Å². The zero-order chi connectivity index (χ0) is 14.7. The first-order valence-electron chi connectivity index (χ1n) is 5.53. The molecular weight excluding hydrogens is 390 g/mol. The van der Waals surface area contributed by atoms with Crippen LogP contribution < -0.4 is 0 Å². The summed E-state index contributed by atoms with van der Waals surface area (Å²) in [5.74, 6) is -0.929. The highest BCUT2D eigenvalue weighted by Crippen LogP contribution is 2.31. The van der Waals surface area contributed by atoms with Crippen molar-refractivity contribution in [3.8, 4) is 5.75 Å². The Morgan fingerprint density at radius 1 is 1.20 bits per heavy atom. The third-order valence-electron chi connectivity index (χ3n) is 2.50. The fourth-order valence-electron chi connectivity index (χ4n) is 1.55. The Labute approximate surface area is 132 Å². The monoisotopic (exact) mass is 397 g/mol. The van der Waals surface area contributed by atoms with Gasteiger partial charge in [-0.25, -0.2) is 4.79 Å². The minimum absolute atomic E-state index is 0.0753. The van der Waals surface area contributed by atoms with Crippen LogP contribution in [0.15, 0.2) is 50.3 Å². The van der Waals surface area contributed by atoms with E-state index in [1.807, 2.05) is 0 Å². The van der Waals surface area contributed by atoms with Gasteiger partial charge in [-0.1, -0.05) is 22.0 Å². The summed E-state index contributed by atoms with van der Waals surface area (Å²) in [7, 11) is 0. The Kier molecular flexibility index (Phi) is 4.57. The van der Waals surface area contributed by atoms with Gasteiger partial charge >= 0.3 is 5.97 Å². The predicted molar refractivity (Wildman–Crippen MR) is 84.2 cm³/mol. The second kappa shape index (κ2) is 6.19. The van der Waals surface area contributed by atoms with Crippen molar-refractivity contribution in [1.29, 1.82) is 0 Å². The Bertz CT molecular complexity index is 699. The molecule has 2 N–H and O–H groups in total. The Balaban J connectivity index is 2.34. The lowest BCUT2D eigenvalue weighted by Crippen LogP contribution is -1.94. The number of rotatable bonds is 3. The van der Waals surface area contributed by atoms with Gasteiger partial charge in [0, 0.05) is 16.3 Å². The molecule has 0 aliphatic rings. The molecule has 0 amide bonds. The smallest absolute Gasteiger partial charge is 0.335 e. The summed E-state index contributed by atoms with van der Waals surface area (Å²) in [6.07, 6.45) is 1.48. The first-order valence-corrected chi connectivity index (χ1v) is 7.11. The largest absolute Gasteiger partial charge is 0.506 e. The summed E-state index contributed by atoms with van der Waals surface area (Å²) in [4.78, 5) is 15.0. The number of carboxylic acid groups (broad SMARTS) is 1. The first-order chi connectivity index (χ1) is 9.47. The highest BCUT2D eigenvalue weighted by Gasteiger charge is 2.06. The molecule has 0 atom stereocenters. The maximum Gasteiger partial charge on any atom is 0.335 e. The summed E-state index contributed by atoms with van der Waals surface area (Å²) in [5.41, 5.74) is 1.19. The van der Waals surface area contributed by atoms with Crippen LogP contribution in [0.2, 0.25) is 0 Å². The van der Waals surface area contributed by atoms with Crippen LogP contribution in [-0.4, -0.2) is 22.4 Å². The summed E-state index contributed by atoms with van der Waals surface area (Å²) < 4.78 is 1.34. The fourth-order valence-corrected chi connectivity index (χ4v) is 2.81. The van der Waals surface area contributed by atoms with Gasteiger partial charge in [-0.15, -0.1) is 0 Å². The lowest BCUT2D eigenvalue weighted by molar-refractivity contribution is 0.0697. The van der Waals surface area contributed by atoms with E-state index in [4.69, 9.17) is 5.11 Å². The van der Waals surface area contributed by atoms with Crippen molar-refractivity contribution in [2.24, 2.45) is 4.99 Å². The van der Waals surface area contributed by atoms with Crippen molar-refractivity contribution >= 4 is 49.7 Å². The lowest BCUT2D eigenvalue weighted by atomic mass is 10.2. The van der Waals surface area contributed by atoms with E-state index < -0.39 is 5.97 Å². The normalized spacial score (nSPS) is 10.9. The second-order valence-electron chi connectivity index (χ2n) is 3.94. The fraction of sp³-hybridized carbons (Fsp3) is 0. The maximum absolute atomic E-state index is 10.9. The number of aromatic hydroxyl groups is 1. The van der Waals surface area contributed by atoms with Gasteiger partial charge < -0.3 is 10.2 Å². The van der Waals surface area contributed by atoms with Gasteiger partial charge in [0.15, 0.2) is 0 Å². The minimum atomic E-state index is -1.00. The van der Waals surface area contributed by atoms with Crippen molar-refractivity contribution in [3.05, 3.63) is 56.5 Å². The van der Waals surface area contributed by atoms with Crippen molar-refractivity contribution in [2.75, 3.05) is 0 Å². The molecule has 4 nitrogen and oxygen atoms in total. The van der Waals surface area contributed by atoms with Crippen molar-refractivity contribution in [1.82, 2.24) is 0 Å². The summed E-state index contributed by atoms with van der Waals surface area (Å²) >= 11 is 6.56. The van der Waals surface area contributed by atoms with Gasteiger partial charge in [-0.3, -0.25) is 4.99 Å². The highest BCUT2D eigenvalue weighted by atomic mass is 79.9. The predicted octanol–water partition coefficient (Wildman–Crippen LogP) is 4.37.